The van der Waals surface area contributed by atoms with E-state index in [1.54, 1.807) is 11.1 Å². The first-order valence-corrected chi connectivity index (χ1v) is 12.8. The molecule has 1 saturated heterocycles. The number of aromatic nitrogens is 1. The molecule has 1 unspecified atom stereocenters. The Morgan fingerprint density at radius 2 is 1.71 bits per heavy atom. The number of likely N-dealkylation sites (tertiary alicyclic amines) is 1. The van der Waals surface area contributed by atoms with E-state index in [1.807, 2.05) is 12.1 Å². The molecule has 7 heteroatoms. The zero-order valence-corrected chi connectivity index (χ0v) is 20.6. The summed E-state index contributed by atoms with van der Waals surface area (Å²) in [5.41, 5.74) is 5.88. The van der Waals surface area contributed by atoms with Gasteiger partial charge in [0.15, 0.2) is 0 Å². The van der Waals surface area contributed by atoms with E-state index >= 15 is 0 Å². The summed E-state index contributed by atoms with van der Waals surface area (Å²) in [5.74, 6) is -2.16. The van der Waals surface area contributed by atoms with E-state index in [9.17, 15) is 0 Å². The molecule has 0 amide bonds. The van der Waals surface area contributed by atoms with E-state index in [2.05, 4.69) is 46.4 Å². The summed E-state index contributed by atoms with van der Waals surface area (Å²) < 4.78 is 0. The molecular weight excluding hydrogens is 464 g/mol. The topological polar surface area (TPSA) is 93.6 Å². The molecule has 0 radical (unpaired) electrons. The number of rotatable bonds is 6. The van der Waals surface area contributed by atoms with Gasteiger partial charge in [-0.15, -0.1) is 0 Å². The normalized spacial score (nSPS) is 18.1. The summed E-state index contributed by atoms with van der Waals surface area (Å²) in [4.78, 5) is 24.3. The van der Waals surface area contributed by atoms with Crippen molar-refractivity contribution in [2.75, 3.05) is 19.6 Å². The highest BCUT2D eigenvalue weighted by Gasteiger charge is 2.24. The molecule has 2 aromatic carbocycles. The highest BCUT2D eigenvalue weighted by atomic mass is 35.5. The first-order chi connectivity index (χ1) is 16.9. The van der Waals surface area contributed by atoms with Gasteiger partial charge in [0, 0.05) is 22.1 Å². The first kappa shape index (κ1) is 25.3. The maximum atomic E-state index is 9.10. The van der Waals surface area contributed by atoms with Crippen molar-refractivity contribution in [1.82, 2.24) is 9.88 Å². The fourth-order valence-corrected chi connectivity index (χ4v) is 5.77. The smallest absolute Gasteiger partial charge is 0.414 e. The lowest BCUT2D eigenvalue weighted by atomic mass is 9.89. The van der Waals surface area contributed by atoms with Crippen LogP contribution in [0.4, 0.5) is 0 Å². The van der Waals surface area contributed by atoms with Crippen LogP contribution in [0.2, 0.25) is 5.02 Å². The van der Waals surface area contributed by atoms with Gasteiger partial charge in [-0.3, -0.25) is 0 Å². The molecule has 0 saturated carbocycles. The molecule has 2 heterocycles. The standard InChI is InChI=1S/C26H31ClN2.C2H2O4/c27-22-10-11-24-25(18-28-26(24)17-22)21-12-15-29(16-13-21)14-4-3-6-20-9-8-19-5-1-2-7-23(19)20;3-1(4)2(5)6/h1-2,5,7,10-11,17-18,20-21,28H,3-4,6,8-9,12-16H2;(H,3,4)(H,5,6). The number of H-pyrrole nitrogens is 1. The lowest BCUT2D eigenvalue weighted by molar-refractivity contribution is -0.159. The van der Waals surface area contributed by atoms with E-state index in [4.69, 9.17) is 31.4 Å². The maximum Gasteiger partial charge on any atom is 0.414 e. The van der Waals surface area contributed by atoms with Crippen LogP contribution in [0.3, 0.4) is 0 Å². The van der Waals surface area contributed by atoms with Gasteiger partial charge in [0.05, 0.1) is 0 Å². The average molecular weight is 497 g/mol. The molecule has 1 atom stereocenters. The van der Waals surface area contributed by atoms with Gasteiger partial charge in [-0.05, 0) is 98.8 Å². The van der Waals surface area contributed by atoms with Crippen LogP contribution in [-0.2, 0) is 16.0 Å². The molecule has 0 spiro atoms. The second-order valence-corrected chi connectivity index (χ2v) is 10.0. The Morgan fingerprint density at radius 3 is 2.46 bits per heavy atom. The van der Waals surface area contributed by atoms with Gasteiger partial charge in [0.2, 0.25) is 0 Å². The molecular formula is C28H33ClN2O4. The molecule has 35 heavy (non-hydrogen) atoms. The molecule has 2 aliphatic rings. The zero-order valence-electron chi connectivity index (χ0n) is 19.9. The second-order valence-electron chi connectivity index (χ2n) is 9.59. The van der Waals surface area contributed by atoms with Crippen LogP contribution in [0.25, 0.3) is 10.9 Å². The van der Waals surface area contributed by atoms with Crippen molar-refractivity contribution in [2.45, 2.75) is 56.8 Å². The minimum atomic E-state index is -1.82. The van der Waals surface area contributed by atoms with E-state index < -0.39 is 11.9 Å². The van der Waals surface area contributed by atoms with Gasteiger partial charge in [-0.2, -0.15) is 0 Å². The molecule has 5 rings (SSSR count). The van der Waals surface area contributed by atoms with Gasteiger partial charge >= 0.3 is 11.9 Å². The number of hydrogen-bond donors (Lipinski definition) is 3. The quantitative estimate of drug-likeness (QED) is 0.285. The number of carboxylic acids is 2. The molecule has 3 aromatic rings. The highest BCUT2D eigenvalue weighted by Crippen LogP contribution is 2.37. The largest absolute Gasteiger partial charge is 0.473 e. The molecule has 1 aliphatic heterocycles. The minimum absolute atomic E-state index is 0.677. The third-order valence-corrected chi connectivity index (χ3v) is 7.66. The predicted molar refractivity (Wildman–Crippen MR) is 138 cm³/mol. The van der Waals surface area contributed by atoms with E-state index in [1.165, 1.54) is 81.0 Å². The number of piperidine rings is 1. The minimum Gasteiger partial charge on any atom is -0.473 e. The van der Waals surface area contributed by atoms with Crippen molar-refractivity contribution in [3.8, 4) is 0 Å². The summed E-state index contributed by atoms with van der Waals surface area (Å²) in [7, 11) is 0. The van der Waals surface area contributed by atoms with Crippen molar-refractivity contribution < 1.29 is 19.8 Å². The Bertz CT molecular complexity index is 1150. The number of benzene rings is 2. The number of nitrogens with zero attached hydrogens (tertiary/aromatic N) is 1. The van der Waals surface area contributed by atoms with Crippen LogP contribution < -0.4 is 0 Å². The average Bonchev–Trinajstić information content (AvgIpc) is 3.46. The molecule has 1 aromatic heterocycles. The monoisotopic (exact) mass is 496 g/mol. The summed E-state index contributed by atoms with van der Waals surface area (Å²) in [6.07, 6.45) is 11.5. The van der Waals surface area contributed by atoms with Crippen LogP contribution in [0, 0.1) is 0 Å². The van der Waals surface area contributed by atoms with Gasteiger partial charge in [0.1, 0.15) is 0 Å². The summed E-state index contributed by atoms with van der Waals surface area (Å²) >= 11 is 6.13. The van der Waals surface area contributed by atoms with Gasteiger partial charge in [-0.1, -0.05) is 48.4 Å². The van der Waals surface area contributed by atoms with Gasteiger partial charge < -0.3 is 20.1 Å². The zero-order chi connectivity index (χ0) is 24.8. The van der Waals surface area contributed by atoms with E-state index in [0.717, 1.165) is 10.9 Å². The van der Waals surface area contributed by atoms with Gasteiger partial charge in [-0.25, -0.2) is 9.59 Å². The van der Waals surface area contributed by atoms with Crippen LogP contribution >= 0.6 is 11.6 Å². The summed E-state index contributed by atoms with van der Waals surface area (Å²) in [6, 6.07) is 15.3. The third-order valence-electron chi connectivity index (χ3n) is 7.42. The Kier molecular flexibility index (Phi) is 8.47. The number of hydrogen-bond acceptors (Lipinski definition) is 3. The summed E-state index contributed by atoms with van der Waals surface area (Å²) in [5, 5.41) is 16.9. The lowest BCUT2D eigenvalue weighted by Gasteiger charge is -2.32. The Morgan fingerprint density at radius 1 is 0.971 bits per heavy atom. The molecule has 3 N–H and O–H groups in total. The van der Waals surface area contributed by atoms with Crippen molar-refractivity contribution >= 4 is 34.4 Å². The molecule has 1 aliphatic carbocycles. The number of aliphatic carboxylic acids is 2. The lowest BCUT2D eigenvalue weighted by Crippen LogP contribution is -2.33. The van der Waals surface area contributed by atoms with Crippen LogP contribution in [0.15, 0.2) is 48.7 Å². The molecule has 6 nitrogen and oxygen atoms in total. The first-order valence-electron chi connectivity index (χ1n) is 12.4. The number of nitrogens with one attached hydrogen (secondary N) is 1. The Labute approximate surface area is 210 Å². The molecule has 1 fully saturated rings. The van der Waals surface area contributed by atoms with Crippen molar-refractivity contribution in [3.63, 3.8) is 0 Å². The maximum absolute atomic E-state index is 9.10. The van der Waals surface area contributed by atoms with E-state index in [0.29, 0.717) is 5.92 Å². The molecule has 0 bridgehead atoms. The SMILES string of the molecule is Clc1ccc2c(C3CCN(CCCCC4CCc5ccccc54)CC3)c[nH]c2c1.O=C(O)C(=O)O. The van der Waals surface area contributed by atoms with Crippen LogP contribution in [0.1, 0.15) is 67.1 Å². The highest BCUT2D eigenvalue weighted by molar-refractivity contribution is 6.31. The van der Waals surface area contributed by atoms with Crippen LogP contribution in [0.5, 0.6) is 0 Å². The number of unbranched alkanes of at least 4 members (excludes halogenated alkanes) is 1. The van der Waals surface area contributed by atoms with Crippen molar-refractivity contribution in [2.24, 2.45) is 0 Å². The number of aryl methyl sites for hydroxylation is 1. The fourth-order valence-electron chi connectivity index (χ4n) is 5.60. The number of aromatic amines is 1. The number of carbonyl (C=O) groups is 2. The molecule has 186 valence electrons. The van der Waals surface area contributed by atoms with Crippen molar-refractivity contribution in [3.05, 3.63) is 70.4 Å². The Balaban J connectivity index is 0.000000431. The number of fused-ring (bicyclic) bond motifs is 2. The predicted octanol–water partition coefficient (Wildman–Crippen LogP) is 6.06. The Hall–Kier alpha value is -2.83. The third kappa shape index (κ3) is 6.44. The van der Waals surface area contributed by atoms with Crippen LogP contribution in [-0.4, -0.2) is 51.7 Å². The number of carboxylic acid groups (broad SMARTS) is 2. The second kappa shape index (κ2) is 11.7. The van der Waals surface area contributed by atoms with E-state index in [-0.39, 0.29) is 0 Å². The van der Waals surface area contributed by atoms with Crippen molar-refractivity contribution in [1.29, 1.82) is 0 Å². The summed E-state index contributed by atoms with van der Waals surface area (Å²) in [6.45, 7) is 3.74. The number of halogens is 1. The van der Waals surface area contributed by atoms with Gasteiger partial charge in [0.25, 0.3) is 0 Å². The fraction of sp³-hybridized carbons (Fsp3) is 0.429.